The van der Waals surface area contributed by atoms with Crippen LogP contribution in [0.15, 0.2) is 18.2 Å². The minimum absolute atomic E-state index is 0. The number of carbonyl (C=O) groups is 2. The lowest BCUT2D eigenvalue weighted by Gasteiger charge is -2.12. The summed E-state index contributed by atoms with van der Waals surface area (Å²) in [6.07, 6.45) is 5.87. The van der Waals surface area contributed by atoms with Crippen LogP contribution in [0.1, 0.15) is 67.9 Å². The minimum atomic E-state index is 0. The van der Waals surface area contributed by atoms with E-state index in [-0.39, 0.29) is 38.1 Å². The highest BCUT2D eigenvalue weighted by atomic mass is 32.1. The largest absolute Gasteiger partial charge is 0.396 e. The van der Waals surface area contributed by atoms with Gasteiger partial charge in [0.1, 0.15) is 0 Å². The van der Waals surface area contributed by atoms with Crippen molar-refractivity contribution in [3.05, 3.63) is 48.8 Å². The molecular weight excluding hydrogens is 480 g/mol. The smallest absolute Gasteiger partial charge is 0.169 e. The van der Waals surface area contributed by atoms with Crippen molar-refractivity contribution in [1.29, 1.82) is 0 Å². The minimum Gasteiger partial charge on any atom is -0.396 e. The van der Waals surface area contributed by atoms with E-state index in [4.69, 9.17) is 5.11 Å². The molecule has 0 aliphatic carbocycles. The molecule has 8 heteroatoms. The Bertz CT molecular complexity index is 934. The Morgan fingerprint density at radius 3 is 1.97 bits per heavy atom. The predicted octanol–water partition coefficient (Wildman–Crippen LogP) is 4.76. The second-order valence-electron chi connectivity index (χ2n) is 8.49. The summed E-state index contributed by atoms with van der Waals surface area (Å²) >= 11 is 3.09. The summed E-state index contributed by atoms with van der Waals surface area (Å²) in [5.74, 6) is 0.648. The van der Waals surface area contributed by atoms with Gasteiger partial charge in [0.2, 0.25) is 0 Å². The molecule has 0 radical (unpaired) electrons. The van der Waals surface area contributed by atoms with Crippen LogP contribution in [-0.2, 0) is 6.42 Å². The monoisotopic (exact) mass is 524 g/mol. The summed E-state index contributed by atoms with van der Waals surface area (Å²) in [6.45, 7) is 9.14. The van der Waals surface area contributed by atoms with Gasteiger partial charge in [-0.1, -0.05) is 13.5 Å². The van der Waals surface area contributed by atoms with Gasteiger partial charge in [0, 0.05) is 28.8 Å². The molecule has 6 nitrogen and oxygen atoms in total. The fourth-order valence-electron chi connectivity index (χ4n) is 3.34. The Balaban J connectivity index is 0.000000642. The molecular formula is C27H44N2O4S2. The first kappa shape index (κ1) is 33.3. The Kier molecular flexibility index (Phi) is 16.9. The second kappa shape index (κ2) is 17.7. The Labute approximate surface area is 219 Å². The van der Waals surface area contributed by atoms with E-state index in [2.05, 4.69) is 10.6 Å². The third kappa shape index (κ3) is 11.7. The SMILES string of the molecule is C.CNCC(/C=C/c1sc(C(C)=O)cc1C)CO.CNCC(CO)CCc1sc(C(C)=O)cc1C. The molecule has 2 aromatic heterocycles. The lowest BCUT2D eigenvalue weighted by atomic mass is 10.0. The number of aryl methyl sites for hydroxylation is 3. The van der Waals surface area contributed by atoms with E-state index in [1.54, 1.807) is 25.2 Å². The van der Waals surface area contributed by atoms with Crippen molar-refractivity contribution in [3.63, 3.8) is 0 Å². The number of nitrogens with one attached hydrogen (secondary N) is 2. The molecule has 2 rings (SSSR count). The highest BCUT2D eigenvalue weighted by molar-refractivity contribution is 7.15. The normalized spacial score (nSPS) is 12.6. The van der Waals surface area contributed by atoms with Crippen LogP contribution >= 0.6 is 22.7 Å². The number of aliphatic hydroxyl groups is 2. The lowest BCUT2D eigenvalue weighted by Crippen LogP contribution is -2.22. The molecule has 35 heavy (non-hydrogen) atoms. The van der Waals surface area contributed by atoms with Crippen LogP contribution < -0.4 is 10.6 Å². The third-order valence-corrected chi connectivity index (χ3v) is 8.12. The van der Waals surface area contributed by atoms with E-state index in [0.29, 0.717) is 5.92 Å². The molecule has 0 aliphatic heterocycles. The number of rotatable bonds is 13. The number of hydrogen-bond donors (Lipinski definition) is 4. The van der Waals surface area contributed by atoms with E-state index >= 15 is 0 Å². The fraction of sp³-hybridized carbons (Fsp3) is 0.556. The molecule has 0 saturated carbocycles. The highest BCUT2D eigenvalue weighted by Gasteiger charge is 2.12. The molecule has 2 unspecified atom stereocenters. The van der Waals surface area contributed by atoms with E-state index in [1.165, 1.54) is 21.8 Å². The number of Topliss-reactive ketones (excluding diaryl/α,β-unsaturated/α-hetero) is 2. The zero-order valence-corrected chi connectivity index (χ0v) is 22.9. The standard InChI is InChI=1S/C13H21NO2S.C13H19NO2S.CH4/c2*1-9-6-13(10(2)16)17-12(9)5-4-11(8-15)7-14-3;/h6,11,14-15H,4-5,7-8H2,1-3H3;4-6,11,14-15H,7-8H2,1-3H3;1H4/b;5-4+;. The average molecular weight is 525 g/mol. The van der Waals surface area contributed by atoms with E-state index in [1.807, 2.05) is 52.2 Å². The number of thiophene rings is 2. The maximum Gasteiger partial charge on any atom is 0.169 e. The number of hydrogen-bond acceptors (Lipinski definition) is 8. The molecule has 0 aliphatic rings. The highest BCUT2D eigenvalue weighted by Crippen LogP contribution is 2.25. The first-order valence-electron chi connectivity index (χ1n) is 11.6. The van der Waals surface area contributed by atoms with Gasteiger partial charge < -0.3 is 20.8 Å². The number of aliphatic hydroxyl groups excluding tert-OH is 2. The van der Waals surface area contributed by atoms with Crippen molar-refractivity contribution in [1.82, 2.24) is 10.6 Å². The van der Waals surface area contributed by atoms with Crippen molar-refractivity contribution in [2.75, 3.05) is 40.4 Å². The fourth-order valence-corrected chi connectivity index (χ4v) is 5.41. The van der Waals surface area contributed by atoms with E-state index in [0.717, 1.165) is 46.1 Å². The summed E-state index contributed by atoms with van der Waals surface area (Å²) in [6, 6.07) is 3.88. The van der Waals surface area contributed by atoms with Crippen LogP contribution in [0.2, 0.25) is 0 Å². The maximum atomic E-state index is 11.3. The van der Waals surface area contributed by atoms with Gasteiger partial charge in [-0.2, -0.15) is 0 Å². The average Bonchev–Trinajstić information content (AvgIpc) is 3.37. The number of carbonyl (C=O) groups excluding carboxylic acids is 2. The van der Waals surface area contributed by atoms with Gasteiger partial charge in [0.05, 0.1) is 16.4 Å². The molecule has 0 saturated heterocycles. The van der Waals surface area contributed by atoms with Crippen LogP contribution in [0.5, 0.6) is 0 Å². The van der Waals surface area contributed by atoms with Gasteiger partial charge in [0.15, 0.2) is 11.6 Å². The van der Waals surface area contributed by atoms with Crippen LogP contribution in [0.25, 0.3) is 6.08 Å². The van der Waals surface area contributed by atoms with Crippen molar-refractivity contribution in [2.24, 2.45) is 11.8 Å². The molecule has 0 aromatic carbocycles. The topological polar surface area (TPSA) is 98.7 Å². The Morgan fingerprint density at radius 1 is 0.943 bits per heavy atom. The summed E-state index contributed by atoms with van der Waals surface area (Å²) in [7, 11) is 3.76. The maximum absolute atomic E-state index is 11.3. The van der Waals surface area contributed by atoms with E-state index < -0.39 is 0 Å². The summed E-state index contributed by atoms with van der Waals surface area (Å²) in [5.41, 5.74) is 2.30. The summed E-state index contributed by atoms with van der Waals surface area (Å²) < 4.78 is 0. The molecule has 0 bridgehead atoms. The number of ketones is 2. The van der Waals surface area contributed by atoms with Gasteiger partial charge >= 0.3 is 0 Å². The van der Waals surface area contributed by atoms with Gasteiger partial charge in [0.25, 0.3) is 0 Å². The first-order chi connectivity index (χ1) is 16.2. The molecule has 0 spiro atoms. The molecule has 0 amide bonds. The molecule has 0 fully saturated rings. The van der Waals surface area contributed by atoms with Crippen molar-refractivity contribution >= 4 is 40.3 Å². The lowest BCUT2D eigenvalue weighted by molar-refractivity contribution is 0.101. The van der Waals surface area contributed by atoms with Gasteiger partial charge in [-0.05, 0) is 96.4 Å². The third-order valence-electron chi connectivity index (χ3n) is 5.42. The van der Waals surface area contributed by atoms with Crippen LogP contribution in [0, 0.1) is 25.7 Å². The van der Waals surface area contributed by atoms with Crippen molar-refractivity contribution in [3.8, 4) is 0 Å². The van der Waals surface area contributed by atoms with Crippen LogP contribution in [-0.4, -0.2) is 62.2 Å². The van der Waals surface area contributed by atoms with Crippen molar-refractivity contribution in [2.45, 2.75) is 48.0 Å². The molecule has 2 atom stereocenters. The first-order valence-corrected chi connectivity index (χ1v) is 13.2. The predicted molar refractivity (Wildman–Crippen MR) is 151 cm³/mol. The van der Waals surface area contributed by atoms with Crippen LogP contribution in [0.3, 0.4) is 0 Å². The molecule has 4 N–H and O–H groups in total. The molecule has 2 heterocycles. The van der Waals surface area contributed by atoms with Crippen molar-refractivity contribution < 1.29 is 19.8 Å². The molecule has 2 aromatic rings. The zero-order valence-electron chi connectivity index (χ0n) is 21.2. The summed E-state index contributed by atoms with van der Waals surface area (Å²) in [5, 5.41) is 24.5. The van der Waals surface area contributed by atoms with Gasteiger partial charge in [-0.15, -0.1) is 22.7 Å². The van der Waals surface area contributed by atoms with E-state index in [9.17, 15) is 14.7 Å². The zero-order chi connectivity index (χ0) is 25.7. The Morgan fingerprint density at radius 2 is 1.51 bits per heavy atom. The van der Waals surface area contributed by atoms with Gasteiger partial charge in [-0.3, -0.25) is 9.59 Å². The molecule has 198 valence electrons. The quantitative estimate of drug-likeness (QED) is 0.282. The second-order valence-corrected chi connectivity index (χ2v) is 10.7. The Hall–Kier alpha value is -1.68. The van der Waals surface area contributed by atoms with Crippen LogP contribution in [0.4, 0.5) is 0 Å². The van der Waals surface area contributed by atoms with Gasteiger partial charge in [-0.25, -0.2) is 0 Å². The summed E-state index contributed by atoms with van der Waals surface area (Å²) in [4.78, 5) is 26.5.